The van der Waals surface area contributed by atoms with E-state index in [1.807, 2.05) is 0 Å². The zero-order valence-electron chi connectivity index (χ0n) is 6.67. The molecule has 0 aromatic rings. The van der Waals surface area contributed by atoms with Gasteiger partial charge in [-0.25, -0.2) is 4.39 Å². The van der Waals surface area contributed by atoms with Crippen molar-refractivity contribution in [3.8, 4) is 0 Å². The van der Waals surface area contributed by atoms with Crippen molar-refractivity contribution in [1.82, 2.24) is 0 Å². The minimum atomic E-state index is -1.70. The summed E-state index contributed by atoms with van der Waals surface area (Å²) in [5, 5.41) is -1.70. The largest absolute Gasteiger partial charge is 0.224 e. The zero-order chi connectivity index (χ0) is 8.54. The quantitative estimate of drug-likeness (QED) is 0.410. The van der Waals surface area contributed by atoms with Crippen LogP contribution in [0.1, 0.15) is 39.0 Å². The molecule has 0 amide bonds. The Balaban J connectivity index is 2.72. The van der Waals surface area contributed by atoms with E-state index in [1.54, 1.807) is 6.92 Å². The van der Waals surface area contributed by atoms with Crippen molar-refractivity contribution in [2.45, 2.75) is 49.0 Å². The summed E-state index contributed by atoms with van der Waals surface area (Å²) in [5.74, 6) is 0. The van der Waals surface area contributed by atoms with Gasteiger partial charge in [0.2, 0.25) is 5.13 Å². The Morgan fingerprint density at radius 3 is 2.27 bits per heavy atom. The van der Waals surface area contributed by atoms with E-state index >= 15 is 0 Å². The summed E-state index contributed by atoms with van der Waals surface area (Å²) in [6, 6.07) is 0. The lowest BCUT2D eigenvalue weighted by molar-refractivity contribution is 0.199. The van der Waals surface area contributed by atoms with Crippen LogP contribution in [0.3, 0.4) is 0 Å². The topological polar surface area (TPSA) is 0 Å². The molecule has 0 bridgehead atoms. The molecule has 2 unspecified atom stereocenters. The predicted molar refractivity (Wildman–Crippen MR) is 47.0 cm³/mol. The molecular weight excluding hydrogens is 186 g/mol. The Morgan fingerprint density at radius 2 is 1.64 bits per heavy atom. The van der Waals surface area contributed by atoms with Gasteiger partial charge in [0.1, 0.15) is 0 Å². The van der Waals surface area contributed by atoms with Gasteiger partial charge in [0.05, 0.1) is 4.87 Å². The minimum absolute atomic E-state index is 0.383. The maximum atomic E-state index is 13.5. The van der Waals surface area contributed by atoms with Gasteiger partial charge in [0.15, 0.2) is 0 Å². The molecule has 66 valence electrons. The second-order valence-corrected chi connectivity index (χ2v) is 4.90. The van der Waals surface area contributed by atoms with Crippen molar-refractivity contribution in [2.24, 2.45) is 0 Å². The van der Waals surface area contributed by atoms with Gasteiger partial charge in [-0.15, -0.1) is 11.6 Å². The lowest BCUT2D eigenvalue weighted by Crippen LogP contribution is -2.38. The molecule has 2 atom stereocenters. The second-order valence-electron chi connectivity index (χ2n) is 3.46. The van der Waals surface area contributed by atoms with Crippen molar-refractivity contribution in [1.29, 1.82) is 0 Å². The Hall–Kier alpha value is 0.510. The van der Waals surface area contributed by atoms with E-state index < -0.39 is 10.0 Å². The van der Waals surface area contributed by atoms with Crippen LogP contribution in [-0.4, -0.2) is 10.0 Å². The third-order valence-corrected chi connectivity index (χ3v) is 3.59. The van der Waals surface area contributed by atoms with E-state index in [9.17, 15) is 4.39 Å². The average Bonchev–Trinajstić information content (AvgIpc) is 1.94. The summed E-state index contributed by atoms with van der Waals surface area (Å²) in [7, 11) is 0. The second kappa shape index (κ2) is 3.10. The molecule has 0 aliphatic heterocycles. The molecule has 11 heavy (non-hydrogen) atoms. The SMILES string of the molecule is CC1(Cl)CCCCCC1(F)Cl. The van der Waals surface area contributed by atoms with Gasteiger partial charge >= 0.3 is 0 Å². The Bertz CT molecular complexity index is 127. The van der Waals surface area contributed by atoms with Crippen molar-refractivity contribution in [3.63, 3.8) is 0 Å². The molecule has 0 spiro atoms. The van der Waals surface area contributed by atoms with E-state index in [0.29, 0.717) is 12.8 Å². The van der Waals surface area contributed by atoms with Gasteiger partial charge in [-0.2, -0.15) is 0 Å². The number of rotatable bonds is 0. The minimum Gasteiger partial charge on any atom is -0.224 e. The Kier molecular flexibility index (Phi) is 2.70. The Labute approximate surface area is 77.1 Å². The lowest BCUT2D eigenvalue weighted by atomic mass is 9.99. The van der Waals surface area contributed by atoms with Gasteiger partial charge in [-0.1, -0.05) is 24.4 Å². The van der Waals surface area contributed by atoms with Crippen LogP contribution in [0.5, 0.6) is 0 Å². The molecule has 0 saturated heterocycles. The molecule has 1 rings (SSSR count). The van der Waals surface area contributed by atoms with E-state index in [2.05, 4.69) is 0 Å². The van der Waals surface area contributed by atoms with Gasteiger partial charge in [0, 0.05) is 0 Å². The maximum absolute atomic E-state index is 13.5. The molecule has 0 N–H and O–H groups in total. The monoisotopic (exact) mass is 198 g/mol. The van der Waals surface area contributed by atoms with Crippen LogP contribution in [0.25, 0.3) is 0 Å². The fraction of sp³-hybridized carbons (Fsp3) is 1.00. The summed E-state index contributed by atoms with van der Waals surface area (Å²) < 4.78 is 13.5. The molecule has 0 radical (unpaired) electrons. The smallest absolute Gasteiger partial charge is 0.202 e. The first-order chi connectivity index (χ1) is 4.96. The normalized spacial score (nSPS) is 46.9. The van der Waals surface area contributed by atoms with Crippen LogP contribution in [0.4, 0.5) is 4.39 Å². The van der Waals surface area contributed by atoms with Gasteiger partial charge in [-0.3, -0.25) is 0 Å². The van der Waals surface area contributed by atoms with Crippen LogP contribution in [0.2, 0.25) is 0 Å². The molecule has 0 nitrogen and oxygen atoms in total. The van der Waals surface area contributed by atoms with Crippen LogP contribution < -0.4 is 0 Å². The first kappa shape index (κ1) is 9.60. The van der Waals surface area contributed by atoms with Gasteiger partial charge in [-0.05, 0) is 26.2 Å². The van der Waals surface area contributed by atoms with E-state index in [-0.39, 0.29) is 0 Å². The van der Waals surface area contributed by atoms with Crippen molar-refractivity contribution < 1.29 is 4.39 Å². The van der Waals surface area contributed by atoms with Crippen molar-refractivity contribution in [2.75, 3.05) is 0 Å². The lowest BCUT2D eigenvalue weighted by Gasteiger charge is -2.31. The standard InChI is InChI=1S/C8H13Cl2F/c1-7(9)5-3-2-4-6-8(7,10)11/h2-6H2,1H3. The summed E-state index contributed by atoms with van der Waals surface area (Å²) >= 11 is 11.6. The van der Waals surface area contributed by atoms with Crippen LogP contribution in [0, 0.1) is 0 Å². The average molecular weight is 199 g/mol. The first-order valence-electron chi connectivity index (χ1n) is 4.02. The van der Waals surface area contributed by atoms with Crippen LogP contribution in [-0.2, 0) is 0 Å². The van der Waals surface area contributed by atoms with Gasteiger partial charge < -0.3 is 0 Å². The summed E-state index contributed by atoms with van der Waals surface area (Å²) in [5.41, 5.74) is 0. The van der Waals surface area contributed by atoms with E-state index in [0.717, 1.165) is 19.3 Å². The number of alkyl halides is 3. The molecule has 0 aromatic heterocycles. The fourth-order valence-electron chi connectivity index (χ4n) is 1.42. The van der Waals surface area contributed by atoms with Gasteiger partial charge in [0.25, 0.3) is 0 Å². The molecule has 1 aliphatic rings. The molecule has 3 heteroatoms. The first-order valence-corrected chi connectivity index (χ1v) is 4.78. The molecular formula is C8H13Cl2F. The van der Waals surface area contributed by atoms with E-state index in [4.69, 9.17) is 23.2 Å². The highest BCUT2D eigenvalue weighted by molar-refractivity contribution is 6.33. The zero-order valence-corrected chi connectivity index (χ0v) is 8.18. The maximum Gasteiger partial charge on any atom is 0.202 e. The third-order valence-electron chi connectivity index (χ3n) is 2.40. The predicted octanol–water partition coefficient (Wildman–Crippen LogP) is 3.85. The highest BCUT2D eigenvalue weighted by Gasteiger charge is 2.46. The number of hydrogen-bond acceptors (Lipinski definition) is 0. The highest BCUT2D eigenvalue weighted by Crippen LogP contribution is 2.46. The van der Waals surface area contributed by atoms with Crippen molar-refractivity contribution in [3.05, 3.63) is 0 Å². The molecule has 1 saturated carbocycles. The Morgan fingerprint density at radius 1 is 1.09 bits per heavy atom. The third kappa shape index (κ3) is 2.00. The highest BCUT2D eigenvalue weighted by atomic mass is 35.5. The van der Waals surface area contributed by atoms with Crippen molar-refractivity contribution >= 4 is 23.2 Å². The summed E-state index contributed by atoms with van der Waals surface area (Å²) in [6.45, 7) is 1.69. The molecule has 0 aromatic carbocycles. The van der Waals surface area contributed by atoms with Crippen LogP contribution >= 0.6 is 23.2 Å². The molecule has 0 heterocycles. The number of halogens is 3. The van der Waals surface area contributed by atoms with E-state index in [1.165, 1.54) is 0 Å². The summed E-state index contributed by atoms with van der Waals surface area (Å²) in [6.07, 6.45) is 3.94. The molecule has 1 fully saturated rings. The fourth-order valence-corrected chi connectivity index (χ4v) is 1.88. The van der Waals surface area contributed by atoms with Crippen LogP contribution in [0.15, 0.2) is 0 Å². The number of hydrogen-bond donors (Lipinski definition) is 0. The summed E-state index contributed by atoms with van der Waals surface area (Å²) in [4.78, 5) is -0.870. The molecule has 1 aliphatic carbocycles.